The summed E-state index contributed by atoms with van der Waals surface area (Å²) >= 11 is 6.02. The topological polar surface area (TPSA) is 86.8 Å². The Morgan fingerprint density at radius 3 is 2.32 bits per heavy atom. The number of rotatable bonds is 9. The molecule has 2 aromatic carbocycles. The van der Waals surface area contributed by atoms with Crippen LogP contribution in [0.1, 0.15) is 25.0 Å². The molecule has 0 aliphatic heterocycles. The van der Waals surface area contributed by atoms with E-state index in [1.54, 1.807) is 32.0 Å². The highest BCUT2D eigenvalue weighted by Crippen LogP contribution is 2.22. The van der Waals surface area contributed by atoms with E-state index in [0.29, 0.717) is 11.6 Å². The fourth-order valence-corrected chi connectivity index (χ4v) is 4.07. The highest BCUT2D eigenvalue weighted by atomic mass is 35.5. The van der Waals surface area contributed by atoms with Gasteiger partial charge in [0.2, 0.25) is 21.8 Å². The summed E-state index contributed by atoms with van der Waals surface area (Å²) in [5.41, 5.74) is 2.19. The molecule has 0 saturated carbocycles. The summed E-state index contributed by atoms with van der Waals surface area (Å²) in [5.74, 6) is -0.804. The maximum Gasteiger partial charge on any atom is 0.244 e. The average molecular weight is 466 g/mol. The first kappa shape index (κ1) is 24.7. The Balaban J connectivity index is 2.37. The molecule has 168 valence electrons. The van der Waals surface area contributed by atoms with Gasteiger partial charge in [0.15, 0.2) is 0 Å². The van der Waals surface area contributed by atoms with Crippen LogP contribution in [-0.2, 0) is 26.2 Å². The molecule has 0 aromatic heterocycles. The van der Waals surface area contributed by atoms with Crippen LogP contribution in [-0.4, -0.2) is 50.5 Å². The molecule has 0 saturated heterocycles. The molecule has 7 nitrogen and oxygen atoms in total. The van der Waals surface area contributed by atoms with Crippen molar-refractivity contribution in [2.24, 2.45) is 0 Å². The number of hydrogen-bond donors (Lipinski definition) is 1. The number of hydrogen-bond acceptors (Lipinski definition) is 4. The van der Waals surface area contributed by atoms with Gasteiger partial charge in [0, 0.05) is 18.1 Å². The lowest BCUT2D eigenvalue weighted by atomic mass is 10.1. The molecule has 0 fully saturated rings. The molecular formula is C22H28ClN3O4S. The highest BCUT2D eigenvalue weighted by molar-refractivity contribution is 7.92. The largest absolute Gasteiger partial charge is 0.355 e. The molecule has 31 heavy (non-hydrogen) atoms. The molecule has 1 atom stereocenters. The van der Waals surface area contributed by atoms with Gasteiger partial charge >= 0.3 is 0 Å². The number of benzene rings is 2. The zero-order valence-corrected chi connectivity index (χ0v) is 19.7. The van der Waals surface area contributed by atoms with Gasteiger partial charge < -0.3 is 10.2 Å². The van der Waals surface area contributed by atoms with E-state index in [-0.39, 0.29) is 18.1 Å². The number of nitrogens with one attached hydrogen (secondary N) is 1. The lowest BCUT2D eigenvalue weighted by Crippen LogP contribution is -2.51. The van der Waals surface area contributed by atoms with Crippen LogP contribution >= 0.6 is 11.6 Å². The van der Waals surface area contributed by atoms with Crippen molar-refractivity contribution in [1.29, 1.82) is 0 Å². The molecule has 0 aliphatic rings. The Hall–Kier alpha value is -2.58. The molecule has 1 N–H and O–H groups in total. The third-order valence-corrected chi connectivity index (χ3v) is 6.14. The lowest BCUT2D eigenvalue weighted by molar-refractivity contribution is -0.139. The summed E-state index contributed by atoms with van der Waals surface area (Å²) in [7, 11) is -3.77. The van der Waals surface area contributed by atoms with Crippen LogP contribution in [0.25, 0.3) is 0 Å². The van der Waals surface area contributed by atoms with E-state index in [9.17, 15) is 18.0 Å². The summed E-state index contributed by atoms with van der Waals surface area (Å²) in [6.45, 7) is 5.52. The van der Waals surface area contributed by atoms with Crippen LogP contribution in [0.15, 0.2) is 48.5 Å². The van der Waals surface area contributed by atoms with Gasteiger partial charge in [-0.3, -0.25) is 13.9 Å². The van der Waals surface area contributed by atoms with Gasteiger partial charge in [0.1, 0.15) is 12.6 Å². The van der Waals surface area contributed by atoms with E-state index in [4.69, 9.17) is 11.6 Å². The van der Waals surface area contributed by atoms with E-state index in [2.05, 4.69) is 5.32 Å². The molecular weight excluding hydrogens is 438 g/mol. The van der Waals surface area contributed by atoms with Gasteiger partial charge in [-0.2, -0.15) is 0 Å². The van der Waals surface area contributed by atoms with E-state index in [1.807, 2.05) is 31.2 Å². The van der Waals surface area contributed by atoms with Crippen LogP contribution in [0.3, 0.4) is 0 Å². The zero-order valence-electron chi connectivity index (χ0n) is 18.1. The number of carbonyl (C=O) groups is 2. The van der Waals surface area contributed by atoms with Crippen molar-refractivity contribution >= 4 is 39.1 Å². The maximum absolute atomic E-state index is 13.3. The fraction of sp³-hybridized carbons (Fsp3) is 0.364. The number of aryl methyl sites for hydroxylation is 1. The minimum atomic E-state index is -3.77. The molecule has 0 bridgehead atoms. The van der Waals surface area contributed by atoms with Gasteiger partial charge in [-0.05, 0) is 44.5 Å². The summed E-state index contributed by atoms with van der Waals surface area (Å²) in [6.07, 6.45) is 1.03. The van der Waals surface area contributed by atoms with Gasteiger partial charge in [0.25, 0.3) is 0 Å². The zero-order chi connectivity index (χ0) is 23.2. The Bertz CT molecular complexity index is 1030. The number of halogens is 1. The number of amides is 2. The molecule has 0 unspecified atom stereocenters. The van der Waals surface area contributed by atoms with Crippen molar-refractivity contribution < 1.29 is 18.0 Å². The molecule has 2 aromatic rings. The molecule has 0 radical (unpaired) electrons. The van der Waals surface area contributed by atoms with E-state index in [0.717, 1.165) is 21.7 Å². The first-order valence-electron chi connectivity index (χ1n) is 9.89. The Kier molecular flexibility index (Phi) is 8.47. The summed E-state index contributed by atoms with van der Waals surface area (Å²) in [4.78, 5) is 27.2. The van der Waals surface area contributed by atoms with Crippen LogP contribution < -0.4 is 9.62 Å². The minimum Gasteiger partial charge on any atom is -0.355 e. The number of anilines is 1. The van der Waals surface area contributed by atoms with Crippen molar-refractivity contribution in [1.82, 2.24) is 10.2 Å². The summed E-state index contributed by atoms with van der Waals surface area (Å²) in [5, 5.41) is 3.07. The number of carbonyl (C=O) groups excluding carboxylic acids is 2. The molecule has 2 amide bonds. The summed E-state index contributed by atoms with van der Waals surface area (Å²) < 4.78 is 25.9. The second kappa shape index (κ2) is 10.6. The third kappa shape index (κ3) is 6.97. The number of sulfonamides is 1. The van der Waals surface area contributed by atoms with Gasteiger partial charge in [-0.15, -0.1) is 0 Å². The van der Waals surface area contributed by atoms with Crippen molar-refractivity contribution in [2.75, 3.05) is 23.7 Å². The van der Waals surface area contributed by atoms with Crippen LogP contribution in [0.4, 0.5) is 5.69 Å². The van der Waals surface area contributed by atoms with Crippen LogP contribution in [0.2, 0.25) is 5.02 Å². The van der Waals surface area contributed by atoms with E-state index < -0.39 is 28.5 Å². The Morgan fingerprint density at radius 1 is 1.13 bits per heavy atom. The van der Waals surface area contributed by atoms with Crippen LogP contribution in [0.5, 0.6) is 0 Å². The van der Waals surface area contributed by atoms with E-state index >= 15 is 0 Å². The second-order valence-electron chi connectivity index (χ2n) is 7.33. The molecule has 0 heterocycles. The predicted octanol–water partition coefficient (Wildman–Crippen LogP) is 2.97. The molecule has 0 spiro atoms. The Morgan fingerprint density at radius 2 is 1.77 bits per heavy atom. The van der Waals surface area contributed by atoms with Crippen molar-refractivity contribution in [3.05, 3.63) is 64.7 Å². The first-order chi connectivity index (χ1) is 14.5. The SMILES string of the molecule is CCNC(=O)[C@H](C)N(Cc1ccc(C)cc1)C(=O)CN(c1cccc(Cl)c1)S(C)(=O)=O. The van der Waals surface area contributed by atoms with Crippen molar-refractivity contribution in [3.8, 4) is 0 Å². The fourth-order valence-electron chi connectivity index (χ4n) is 3.04. The van der Waals surface area contributed by atoms with Crippen LogP contribution in [0, 0.1) is 6.92 Å². The third-order valence-electron chi connectivity index (χ3n) is 4.77. The Labute approximate surface area is 189 Å². The summed E-state index contributed by atoms with van der Waals surface area (Å²) in [6, 6.07) is 13.1. The van der Waals surface area contributed by atoms with Crippen molar-refractivity contribution in [3.63, 3.8) is 0 Å². The lowest BCUT2D eigenvalue weighted by Gasteiger charge is -2.31. The number of likely N-dealkylation sites (N-methyl/N-ethyl adjacent to an activating group) is 1. The monoisotopic (exact) mass is 465 g/mol. The van der Waals surface area contributed by atoms with Crippen molar-refractivity contribution in [2.45, 2.75) is 33.4 Å². The molecule has 9 heteroatoms. The highest BCUT2D eigenvalue weighted by Gasteiger charge is 2.29. The maximum atomic E-state index is 13.3. The smallest absolute Gasteiger partial charge is 0.244 e. The quantitative estimate of drug-likeness (QED) is 0.616. The van der Waals surface area contributed by atoms with Gasteiger partial charge in [0.05, 0.1) is 11.9 Å². The average Bonchev–Trinajstić information content (AvgIpc) is 2.70. The predicted molar refractivity (Wildman–Crippen MR) is 124 cm³/mol. The van der Waals surface area contributed by atoms with E-state index in [1.165, 1.54) is 11.0 Å². The molecule has 0 aliphatic carbocycles. The number of nitrogens with zero attached hydrogens (tertiary/aromatic N) is 2. The first-order valence-corrected chi connectivity index (χ1v) is 12.1. The normalized spacial score (nSPS) is 12.2. The van der Waals surface area contributed by atoms with Gasteiger partial charge in [-0.25, -0.2) is 8.42 Å². The standard InChI is InChI=1S/C22H28ClN3O4S/c1-5-24-22(28)17(3)25(14-18-11-9-16(2)10-12-18)21(27)15-26(31(4,29)30)20-8-6-7-19(23)13-20/h6-13,17H,5,14-15H2,1-4H3,(H,24,28)/t17-/m0/s1. The second-order valence-corrected chi connectivity index (χ2v) is 9.67. The molecule has 2 rings (SSSR count). The minimum absolute atomic E-state index is 0.171. The van der Waals surface area contributed by atoms with Gasteiger partial charge in [-0.1, -0.05) is 47.5 Å².